The maximum atomic E-state index is 12.4. The molecule has 0 aromatic heterocycles. The lowest BCUT2D eigenvalue weighted by molar-refractivity contribution is -0.384. The zero-order valence-electron chi connectivity index (χ0n) is 20.0. The minimum Gasteiger partial charge on any atom is -0.467 e. The van der Waals surface area contributed by atoms with Crippen molar-refractivity contribution < 1.29 is 28.8 Å². The average molecular weight is 504 g/mol. The highest BCUT2D eigenvalue weighted by Crippen LogP contribution is 2.44. The molecule has 0 saturated carbocycles. The van der Waals surface area contributed by atoms with Crippen LogP contribution < -0.4 is 10.6 Å². The first-order valence-corrected chi connectivity index (χ1v) is 11.6. The lowest BCUT2D eigenvalue weighted by Crippen LogP contribution is -2.47. The summed E-state index contributed by atoms with van der Waals surface area (Å²) in [4.78, 5) is 47.2. The van der Waals surface area contributed by atoms with E-state index in [1.807, 2.05) is 48.5 Å². The maximum Gasteiger partial charge on any atom is 0.407 e. The molecule has 0 saturated heterocycles. The molecule has 10 heteroatoms. The van der Waals surface area contributed by atoms with E-state index in [4.69, 9.17) is 9.47 Å². The number of ether oxygens (including phenoxy) is 2. The molecule has 3 aromatic carbocycles. The fourth-order valence-electron chi connectivity index (χ4n) is 4.37. The summed E-state index contributed by atoms with van der Waals surface area (Å²) in [5.41, 5.74) is 4.85. The molecule has 3 aromatic rings. The monoisotopic (exact) mass is 503 g/mol. The van der Waals surface area contributed by atoms with Crippen molar-refractivity contribution in [2.24, 2.45) is 0 Å². The largest absolute Gasteiger partial charge is 0.467 e. The highest BCUT2D eigenvalue weighted by atomic mass is 16.6. The Morgan fingerprint density at radius 2 is 1.54 bits per heavy atom. The van der Waals surface area contributed by atoms with Gasteiger partial charge in [0.2, 0.25) is 5.91 Å². The van der Waals surface area contributed by atoms with Crippen LogP contribution in [-0.2, 0) is 25.5 Å². The fourth-order valence-corrected chi connectivity index (χ4v) is 4.37. The number of nitrogens with zero attached hydrogens (tertiary/aromatic N) is 1. The number of hydrogen-bond donors (Lipinski definition) is 2. The van der Waals surface area contributed by atoms with Crippen LogP contribution in [0.5, 0.6) is 0 Å². The molecule has 10 nitrogen and oxygen atoms in total. The lowest BCUT2D eigenvalue weighted by Gasteiger charge is -2.17. The maximum absolute atomic E-state index is 12.4. The standard InChI is InChI=1S/C27H25N3O7/c1-36-26(32)24(14-17-10-12-18(13-11-17)30(34)35)29-25(31)15-28-27(33)37-16-23-21-8-4-2-6-19(21)20-7-3-5-9-22(20)23/h2-13,23-24H,14-16H2,1H3,(H,28,33)(H,29,31)/t24-/m0/s1. The van der Waals surface area contributed by atoms with Gasteiger partial charge in [-0.25, -0.2) is 9.59 Å². The van der Waals surface area contributed by atoms with Gasteiger partial charge in [0.25, 0.3) is 5.69 Å². The predicted octanol–water partition coefficient (Wildman–Crippen LogP) is 3.33. The van der Waals surface area contributed by atoms with Crippen molar-refractivity contribution in [2.45, 2.75) is 18.4 Å². The molecule has 0 unspecified atom stereocenters. The third-order valence-electron chi connectivity index (χ3n) is 6.14. The van der Waals surface area contributed by atoms with Crippen molar-refractivity contribution in [3.8, 4) is 11.1 Å². The van der Waals surface area contributed by atoms with Crippen molar-refractivity contribution >= 4 is 23.7 Å². The van der Waals surface area contributed by atoms with E-state index in [2.05, 4.69) is 10.6 Å². The molecule has 0 radical (unpaired) electrons. The number of carbonyl (C=O) groups is 3. The number of hydrogen-bond acceptors (Lipinski definition) is 7. The normalized spacial score (nSPS) is 12.6. The second kappa shape index (κ2) is 11.3. The molecular weight excluding hydrogens is 478 g/mol. The van der Waals surface area contributed by atoms with Gasteiger partial charge in [0.1, 0.15) is 19.2 Å². The number of amides is 2. The summed E-state index contributed by atoms with van der Waals surface area (Å²) in [7, 11) is 1.19. The number of benzene rings is 3. The Morgan fingerprint density at radius 3 is 2.11 bits per heavy atom. The summed E-state index contributed by atoms with van der Waals surface area (Å²) in [6.45, 7) is -0.309. The molecule has 4 rings (SSSR count). The lowest BCUT2D eigenvalue weighted by atomic mass is 9.98. The van der Waals surface area contributed by atoms with E-state index < -0.39 is 35.5 Å². The quantitative estimate of drug-likeness (QED) is 0.260. The zero-order chi connectivity index (χ0) is 26.4. The van der Waals surface area contributed by atoms with Crippen LogP contribution in [0.2, 0.25) is 0 Å². The van der Waals surface area contributed by atoms with Crippen LogP contribution in [0.1, 0.15) is 22.6 Å². The molecule has 2 amide bonds. The van der Waals surface area contributed by atoms with Gasteiger partial charge in [-0.1, -0.05) is 60.7 Å². The number of nitro groups is 1. The van der Waals surface area contributed by atoms with E-state index in [0.29, 0.717) is 5.56 Å². The van der Waals surface area contributed by atoms with Crippen molar-refractivity contribution in [2.75, 3.05) is 20.3 Å². The Bertz CT molecular complexity index is 1280. The molecule has 1 aliphatic carbocycles. The number of alkyl carbamates (subject to hydrolysis) is 1. The molecule has 0 aliphatic heterocycles. The third kappa shape index (κ3) is 5.92. The number of nitro benzene ring substituents is 1. The van der Waals surface area contributed by atoms with Crippen LogP contribution >= 0.6 is 0 Å². The number of fused-ring (bicyclic) bond motifs is 3. The van der Waals surface area contributed by atoms with Crippen LogP contribution in [0.15, 0.2) is 72.8 Å². The highest BCUT2D eigenvalue weighted by Gasteiger charge is 2.29. The second-order valence-corrected chi connectivity index (χ2v) is 8.45. The van der Waals surface area contributed by atoms with Crippen molar-refractivity contribution in [3.05, 3.63) is 99.6 Å². The Labute approximate surface area is 212 Å². The zero-order valence-corrected chi connectivity index (χ0v) is 20.0. The van der Waals surface area contributed by atoms with E-state index in [0.717, 1.165) is 22.3 Å². The van der Waals surface area contributed by atoms with Crippen molar-refractivity contribution in [1.82, 2.24) is 10.6 Å². The topological polar surface area (TPSA) is 137 Å². The number of esters is 1. The van der Waals surface area contributed by atoms with Crippen LogP contribution in [0.25, 0.3) is 11.1 Å². The van der Waals surface area contributed by atoms with E-state index in [9.17, 15) is 24.5 Å². The third-order valence-corrected chi connectivity index (χ3v) is 6.14. The highest BCUT2D eigenvalue weighted by molar-refractivity contribution is 5.87. The Balaban J connectivity index is 1.30. The first-order chi connectivity index (χ1) is 17.9. The van der Waals surface area contributed by atoms with Gasteiger partial charge in [-0.2, -0.15) is 0 Å². The van der Waals surface area contributed by atoms with Gasteiger partial charge in [-0.3, -0.25) is 14.9 Å². The molecule has 190 valence electrons. The minimum atomic E-state index is -1.04. The van der Waals surface area contributed by atoms with Crippen LogP contribution in [0.4, 0.5) is 10.5 Å². The molecular formula is C27H25N3O7. The second-order valence-electron chi connectivity index (χ2n) is 8.45. The minimum absolute atomic E-state index is 0.0569. The number of rotatable bonds is 9. The van der Waals surface area contributed by atoms with E-state index in [1.165, 1.54) is 31.4 Å². The van der Waals surface area contributed by atoms with Crippen LogP contribution in [-0.4, -0.2) is 49.2 Å². The number of nitrogens with one attached hydrogen (secondary N) is 2. The van der Waals surface area contributed by atoms with E-state index in [-0.39, 0.29) is 24.6 Å². The fraction of sp³-hybridized carbons (Fsp3) is 0.222. The Hall–Kier alpha value is -4.73. The summed E-state index contributed by atoms with van der Waals surface area (Å²) >= 11 is 0. The van der Waals surface area contributed by atoms with Gasteiger partial charge < -0.3 is 20.1 Å². The molecule has 0 heterocycles. The molecule has 0 bridgehead atoms. The molecule has 1 aliphatic rings. The number of methoxy groups -OCH3 is 1. The van der Waals surface area contributed by atoms with E-state index >= 15 is 0 Å². The summed E-state index contributed by atoms with van der Waals surface area (Å²) in [6, 6.07) is 20.5. The van der Waals surface area contributed by atoms with Crippen LogP contribution in [0.3, 0.4) is 0 Å². The summed E-state index contributed by atoms with van der Waals surface area (Å²) in [6.07, 6.45) is -0.705. The van der Waals surface area contributed by atoms with Gasteiger partial charge >= 0.3 is 12.1 Å². The number of non-ortho nitro benzene ring substituents is 1. The first-order valence-electron chi connectivity index (χ1n) is 11.6. The van der Waals surface area contributed by atoms with Crippen molar-refractivity contribution in [1.29, 1.82) is 0 Å². The van der Waals surface area contributed by atoms with Gasteiger partial charge in [0, 0.05) is 24.5 Å². The van der Waals surface area contributed by atoms with Gasteiger partial charge in [0.15, 0.2) is 0 Å². The van der Waals surface area contributed by atoms with Gasteiger partial charge in [0.05, 0.1) is 12.0 Å². The number of carbonyl (C=O) groups excluding carboxylic acids is 3. The van der Waals surface area contributed by atoms with E-state index in [1.54, 1.807) is 0 Å². The SMILES string of the molecule is COC(=O)[C@H](Cc1ccc([N+](=O)[O-])cc1)NC(=O)CNC(=O)OCC1c2ccccc2-c2ccccc21. The summed E-state index contributed by atoms with van der Waals surface area (Å²) in [5.74, 6) is -1.42. The molecule has 1 atom stereocenters. The van der Waals surface area contributed by atoms with Crippen molar-refractivity contribution in [3.63, 3.8) is 0 Å². The smallest absolute Gasteiger partial charge is 0.407 e. The summed E-state index contributed by atoms with van der Waals surface area (Å²) < 4.78 is 10.2. The van der Waals surface area contributed by atoms with Crippen LogP contribution in [0, 0.1) is 10.1 Å². The molecule has 2 N–H and O–H groups in total. The summed E-state index contributed by atoms with van der Waals surface area (Å²) in [5, 5.41) is 15.7. The van der Waals surface area contributed by atoms with Gasteiger partial charge in [-0.05, 0) is 27.8 Å². The van der Waals surface area contributed by atoms with Gasteiger partial charge in [-0.15, -0.1) is 0 Å². The predicted molar refractivity (Wildman–Crippen MR) is 134 cm³/mol. The molecule has 37 heavy (non-hydrogen) atoms. The molecule has 0 spiro atoms. The Kier molecular flexibility index (Phi) is 7.77. The Morgan fingerprint density at radius 1 is 0.946 bits per heavy atom. The first kappa shape index (κ1) is 25.4. The molecule has 0 fully saturated rings. The average Bonchev–Trinajstić information content (AvgIpc) is 3.23.